The van der Waals surface area contributed by atoms with Gasteiger partial charge in [0, 0.05) is 24.7 Å². The summed E-state index contributed by atoms with van der Waals surface area (Å²) in [6.45, 7) is 3.15. The zero-order chi connectivity index (χ0) is 22.2. The molecule has 5 heteroatoms. The summed E-state index contributed by atoms with van der Waals surface area (Å²) in [6, 6.07) is 20.2. The van der Waals surface area contributed by atoms with Gasteiger partial charge in [-0.25, -0.2) is 0 Å². The Kier molecular flexibility index (Phi) is 7.51. The van der Waals surface area contributed by atoms with Crippen LogP contribution in [-0.2, 0) is 19.5 Å². The van der Waals surface area contributed by atoms with Crippen molar-refractivity contribution in [3.8, 4) is 5.75 Å². The molecule has 1 aliphatic heterocycles. The minimum absolute atomic E-state index is 0.103. The number of hydrogen-bond donors (Lipinski definition) is 1. The largest absolute Gasteiger partial charge is 0.493 e. The Hall–Kier alpha value is -3.18. The van der Waals surface area contributed by atoms with Crippen molar-refractivity contribution in [2.45, 2.75) is 38.8 Å². The highest BCUT2D eigenvalue weighted by Crippen LogP contribution is 2.25. The van der Waals surface area contributed by atoms with Crippen molar-refractivity contribution in [2.75, 3.05) is 20.2 Å². The summed E-state index contributed by atoms with van der Waals surface area (Å²) in [5.41, 5.74) is 5.06. The van der Waals surface area contributed by atoms with Gasteiger partial charge in [-0.3, -0.25) is 9.78 Å². The lowest BCUT2D eigenvalue weighted by atomic mass is 9.99. The van der Waals surface area contributed by atoms with Crippen molar-refractivity contribution >= 4 is 5.91 Å². The maximum Gasteiger partial charge on any atom is 0.251 e. The van der Waals surface area contributed by atoms with E-state index in [1.54, 1.807) is 6.20 Å². The van der Waals surface area contributed by atoms with Gasteiger partial charge in [0.05, 0.1) is 18.8 Å². The molecule has 5 nitrogen and oxygen atoms in total. The topological polar surface area (TPSA) is 54.5 Å². The molecular formula is C27H31N3O2. The van der Waals surface area contributed by atoms with Crippen molar-refractivity contribution in [3.05, 3.63) is 94.8 Å². The predicted octanol–water partition coefficient (Wildman–Crippen LogP) is 4.60. The van der Waals surface area contributed by atoms with E-state index < -0.39 is 0 Å². The molecular weight excluding hydrogens is 398 g/mol. The van der Waals surface area contributed by atoms with Crippen LogP contribution in [0.3, 0.4) is 0 Å². The first-order valence-corrected chi connectivity index (χ1v) is 11.4. The van der Waals surface area contributed by atoms with Gasteiger partial charge in [0.1, 0.15) is 5.75 Å². The Morgan fingerprint density at radius 3 is 2.81 bits per heavy atom. The normalized spacial score (nSPS) is 15.2. The molecule has 2 aromatic carbocycles. The Balaban J connectivity index is 1.55. The summed E-state index contributed by atoms with van der Waals surface area (Å²) in [6.07, 6.45) is 5.81. The van der Waals surface area contributed by atoms with E-state index in [1.165, 1.54) is 17.5 Å². The van der Waals surface area contributed by atoms with Gasteiger partial charge in [0.25, 0.3) is 5.91 Å². The first-order valence-electron chi connectivity index (χ1n) is 11.4. The van der Waals surface area contributed by atoms with Gasteiger partial charge in [0.2, 0.25) is 0 Å². The number of carbonyl (C=O) groups is 1. The quantitative estimate of drug-likeness (QED) is 0.661. The summed E-state index contributed by atoms with van der Waals surface area (Å²) >= 11 is 0. The van der Waals surface area contributed by atoms with Crippen molar-refractivity contribution in [3.63, 3.8) is 0 Å². The number of hydrogen-bond acceptors (Lipinski definition) is 4. The molecule has 3 aromatic rings. The third-order valence-electron chi connectivity index (χ3n) is 5.76. The first-order chi connectivity index (χ1) is 15.7. The molecule has 1 N–H and O–H groups in total. The van der Waals surface area contributed by atoms with Gasteiger partial charge in [0.15, 0.2) is 0 Å². The van der Waals surface area contributed by atoms with Crippen molar-refractivity contribution in [1.82, 2.24) is 15.2 Å². The zero-order valence-electron chi connectivity index (χ0n) is 18.7. The van der Waals surface area contributed by atoms with Gasteiger partial charge in [-0.15, -0.1) is 0 Å². The lowest BCUT2D eigenvalue weighted by Gasteiger charge is -2.19. The fourth-order valence-electron chi connectivity index (χ4n) is 4.07. The number of ether oxygens (including phenoxy) is 1. The van der Waals surface area contributed by atoms with E-state index in [-0.39, 0.29) is 5.91 Å². The molecule has 1 aromatic heterocycles. The number of rotatable bonds is 3. The van der Waals surface area contributed by atoms with Crippen LogP contribution in [0.4, 0.5) is 0 Å². The molecule has 0 atom stereocenters. The number of carbonyl (C=O) groups excluding carboxylic acids is 1. The highest BCUT2D eigenvalue weighted by atomic mass is 16.5. The van der Waals surface area contributed by atoms with Crippen molar-refractivity contribution < 1.29 is 9.53 Å². The number of pyridine rings is 1. The molecule has 1 aliphatic rings. The molecule has 0 fully saturated rings. The van der Waals surface area contributed by atoms with Crippen LogP contribution in [0.25, 0.3) is 0 Å². The van der Waals surface area contributed by atoms with E-state index in [1.807, 2.05) is 36.4 Å². The summed E-state index contributed by atoms with van der Waals surface area (Å²) in [5, 5.41) is 2.97. The van der Waals surface area contributed by atoms with Crippen LogP contribution in [0.5, 0.6) is 5.75 Å². The van der Waals surface area contributed by atoms with Crippen LogP contribution in [-0.4, -0.2) is 36.0 Å². The minimum atomic E-state index is -0.103. The second kappa shape index (κ2) is 10.9. The van der Waals surface area contributed by atoms with Gasteiger partial charge < -0.3 is 15.0 Å². The Morgan fingerprint density at radius 2 is 1.94 bits per heavy atom. The average Bonchev–Trinajstić information content (AvgIpc) is 2.81. The molecule has 0 spiro atoms. The smallest absolute Gasteiger partial charge is 0.251 e. The van der Waals surface area contributed by atoms with Crippen LogP contribution < -0.4 is 10.1 Å². The second-order valence-corrected chi connectivity index (χ2v) is 8.47. The molecule has 0 saturated heterocycles. The molecule has 0 saturated carbocycles. The van der Waals surface area contributed by atoms with Gasteiger partial charge in [-0.05, 0) is 79.9 Å². The number of amides is 1. The molecule has 0 aliphatic carbocycles. The predicted molar refractivity (Wildman–Crippen MR) is 127 cm³/mol. The Morgan fingerprint density at radius 1 is 1.03 bits per heavy atom. The third-order valence-corrected chi connectivity index (χ3v) is 5.76. The molecule has 2 heterocycles. The zero-order valence-corrected chi connectivity index (χ0v) is 18.7. The summed E-state index contributed by atoms with van der Waals surface area (Å²) < 4.78 is 6.14. The van der Waals surface area contributed by atoms with Crippen LogP contribution in [0.1, 0.15) is 52.0 Å². The van der Waals surface area contributed by atoms with E-state index in [2.05, 4.69) is 46.5 Å². The van der Waals surface area contributed by atoms with Crippen molar-refractivity contribution in [1.29, 1.82) is 0 Å². The van der Waals surface area contributed by atoms with E-state index in [0.29, 0.717) is 18.7 Å². The molecule has 0 unspecified atom stereocenters. The SMILES string of the molecule is CN1CCCCCOc2ccc(C(=O)NCc3ccccn3)cc2Cc2cccc(c2)C1. The summed E-state index contributed by atoms with van der Waals surface area (Å²) in [7, 11) is 2.18. The molecule has 32 heavy (non-hydrogen) atoms. The maximum absolute atomic E-state index is 12.8. The van der Waals surface area contributed by atoms with Gasteiger partial charge in [-0.1, -0.05) is 30.3 Å². The van der Waals surface area contributed by atoms with Gasteiger partial charge >= 0.3 is 0 Å². The second-order valence-electron chi connectivity index (χ2n) is 8.47. The lowest BCUT2D eigenvalue weighted by Crippen LogP contribution is -2.23. The highest BCUT2D eigenvalue weighted by molar-refractivity contribution is 5.94. The maximum atomic E-state index is 12.8. The molecule has 2 bridgehead atoms. The average molecular weight is 430 g/mol. The third kappa shape index (κ3) is 6.17. The minimum Gasteiger partial charge on any atom is -0.493 e. The number of nitrogens with zero attached hydrogens (tertiary/aromatic N) is 2. The molecule has 4 rings (SSSR count). The van der Waals surface area contributed by atoms with Crippen molar-refractivity contribution in [2.24, 2.45) is 0 Å². The highest BCUT2D eigenvalue weighted by Gasteiger charge is 2.13. The number of benzene rings is 2. The summed E-state index contributed by atoms with van der Waals surface area (Å²) in [4.78, 5) is 19.4. The van der Waals surface area contributed by atoms with E-state index in [0.717, 1.165) is 49.4 Å². The molecule has 0 radical (unpaired) electrons. The monoisotopic (exact) mass is 429 g/mol. The van der Waals surface area contributed by atoms with E-state index >= 15 is 0 Å². The van der Waals surface area contributed by atoms with E-state index in [4.69, 9.17) is 4.74 Å². The van der Waals surface area contributed by atoms with Crippen LogP contribution >= 0.6 is 0 Å². The van der Waals surface area contributed by atoms with Crippen LogP contribution in [0, 0.1) is 0 Å². The van der Waals surface area contributed by atoms with Gasteiger partial charge in [-0.2, -0.15) is 0 Å². The number of nitrogens with one attached hydrogen (secondary N) is 1. The molecule has 166 valence electrons. The molecule has 1 amide bonds. The van der Waals surface area contributed by atoms with Crippen LogP contribution in [0.2, 0.25) is 0 Å². The first kappa shape index (κ1) is 22.0. The fraction of sp³-hybridized carbons (Fsp3) is 0.333. The standard InChI is InChI=1S/C27H31N3O2/c1-30-14-5-2-6-15-32-26-12-11-23(27(31)29-19-25-10-3-4-13-28-25)18-24(26)17-21-8-7-9-22(16-21)20-30/h3-4,7-13,16,18H,2,5-6,14-15,17,19-20H2,1H3,(H,29,31). The summed E-state index contributed by atoms with van der Waals surface area (Å²) in [5.74, 6) is 0.763. The van der Waals surface area contributed by atoms with E-state index in [9.17, 15) is 4.79 Å². The Labute approximate surface area is 190 Å². The number of fused-ring (bicyclic) bond motifs is 3. The number of aromatic nitrogens is 1. The fourth-order valence-corrected chi connectivity index (χ4v) is 4.07. The van der Waals surface area contributed by atoms with Crippen LogP contribution in [0.15, 0.2) is 66.9 Å². The Bertz CT molecular complexity index is 1040. The lowest BCUT2D eigenvalue weighted by molar-refractivity contribution is 0.0950.